The molecule has 0 aliphatic carbocycles. The van der Waals surface area contributed by atoms with Gasteiger partial charge in [-0.2, -0.15) is 5.10 Å². The van der Waals surface area contributed by atoms with Crippen molar-refractivity contribution in [1.82, 2.24) is 15.5 Å². The summed E-state index contributed by atoms with van der Waals surface area (Å²) in [6, 6.07) is 20.1. The summed E-state index contributed by atoms with van der Waals surface area (Å²) in [7, 11) is 0. The van der Waals surface area contributed by atoms with Gasteiger partial charge in [0, 0.05) is 11.1 Å². The van der Waals surface area contributed by atoms with Gasteiger partial charge in [-0.3, -0.25) is 15.2 Å². The molecule has 1 aromatic heterocycles. The van der Waals surface area contributed by atoms with Crippen LogP contribution in [-0.4, -0.2) is 22.5 Å². The molecule has 3 aromatic rings. The number of ketones is 1. The van der Waals surface area contributed by atoms with Crippen molar-refractivity contribution in [2.24, 2.45) is 0 Å². The summed E-state index contributed by atoms with van der Waals surface area (Å²) >= 11 is 0. The number of aromatic nitrogens is 2. The standard InChI is InChI=1S/C18H15N3O/c22-14-11-19-16(12-7-3-1-4-8-12)15-17(20-21-18(14)15)13-9-5-2-6-10-13/h1-10,16,19H,11H2,(H,20,21). The van der Waals surface area contributed by atoms with Crippen LogP contribution in [0.4, 0.5) is 0 Å². The highest BCUT2D eigenvalue weighted by atomic mass is 16.1. The summed E-state index contributed by atoms with van der Waals surface area (Å²) in [6.45, 7) is 0.322. The molecular formula is C18H15N3O. The van der Waals surface area contributed by atoms with Crippen LogP contribution in [0.15, 0.2) is 60.7 Å². The number of aromatic amines is 1. The Morgan fingerprint density at radius 2 is 1.64 bits per heavy atom. The topological polar surface area (TPSA) is 57.8 Å². The average molecular weight is 289 g/mol. The summed E-state index contributed by atoms with van der Waals surface area (Å²) < 4.78 is 0. The fourth-order valence-corrected chi connectivity index (χ4v) is 2.98. The Morgan fingerprint density at radius 1 is 0.955 bits per heavy atom. The van der Waals surface area contributed by atoms with Gasteiger partial charge in [-0.25, -0.2) is 0 Å². The van der Waals surface area contributed by atoms with Crippen molar-refractivity contribution in [3.05, 3.63) is 77.5 Å². The lowest BCUT2D eigenvalue weighted by Crippen LogP contribution is -2.35. The molecule has 2 N–H and O–H groups in total. The van der Waals surface area contributed by atoms with Gasteiger partial charge in [-0.05, 0) is 5.56 Å². The third-order valence-corrected chi connectivity index (χ3v) is 4.02. The molecule has 0 amide bonds. The van der Waals surface area contributed by atoms with Crippen molar-refractivity contribution in [2.75, 3.05) is 6.54 Å². The predicted octanol–water partition coefficient (Wildman–Crippen LogP) is 2.95. The molecule has 0 bridgehead atoms. The number of carbonyl (C=O) groups excluding carboxylic acids is 1. The summed E-state index contributed by atoms with van der Waals surface area (Å²) in [4.78, 5) is 12.2. The van der Waals surface area contributed by atoms with Crippen LogP contribution in [-0.2, 0) is 0 Å². The zero-order valence-electron chi connectivity index (χ0n) is 11.9. The van der Waals surface area contributed by atoms with Crippen molar-refractivity contribution >= 4 is 5.78 Å². The largest absolute Gasteiger partial charge is 0.299 e. The number of fused-ring (bicyclic) bond motifs is 1. The molecule has 4 nitrogen and oxygen atoms in total. The van der Waals surface area contributed by atoms with Crippen LogP contribution >= 0.6 is 0 Å². The number of Topliss-reactive ketones (excluding diaryl/α,β-unsaturated/α-hetero) is 1. The minimum atomic E-state index is -0.0251. The second-order valence-electron chi connectivity index (χ2n) is 5.37. The van der Waals surface area contributed by atoms with Crippen LogP contribution in [0.2, 0.25) is 0 Å². The molecule has 0 spiro atoms. The van der Waals surface area contributed by atoms with Gasteiger partial charge >= 0.3 is 0 Å². The van der Waals surface area contributed by atoms with Gasteiger partial charge in [0.05, 0.1) is 18.3 Å². The lowest BCUT2D eigenvalue weighted by molar-refractivity contribution is 0.0973. The van der Waals surface area contributed by atoms with Gasteiger partial charge in [0.2, 0.25) is 0 Å². The lowest BCUT2D eigenvalue weighted by atomic mass is 9.90. The van der Waals surface area contributed by atoms with E-state index in [2.05, 4.69) is 27.6 Å². The highest BCUT2D eigenvalue weighted by Crippen LogP contribution is 2.35. The lowest BCUT2D eigenvalue weighted by Gasteiger charge is -2.24. The molecule has 4 rings (SSSR count). The van der Waals surface area contributed by atoms with E-state index in [9.17, 15) is 4.79 Å². The SMILES string of the molecule is O=C1CNC(c2ccccc2)c2c(-c3ccccc3)n[nH]c21. The molecule has 0 fully saturated rings. The Bertz CT molecular complexity index is 809. The molecule has 1 aliphatic rings. The van der Waals surface area contributed by atoms with E-state index in [4.69, 9.17) is 0 Å². The Hall–Kier alpha value is -2.72. The molecule has 0 saturated heterocycles. The van der Waals surface area contributed by atoms with E-state index >= 15 is 0 Å². The quantitative estimate of drug-likeness (QED) is 0.762. The van der Waals surface area contributed by atoms with Gasteiger partial charge < -0.3 is 0 Å². The number of benzene rings is 2. The zero-order valence-corrected chi connectivity index (χ0v) is 11.9. The minimum absolute atomic E-state index is 0.0251. The van der Waals surface area contributed by atoms with Crippen LogP contribution in [0.5, 0.6) is 0 Å². The molecule has 2 heterocycles. The van der Waals surface area contributed by atoms with E-state index in [1.165, 1.54) is 0 Å². The van der Waals surface area contributed by atoms with Crippen LogP contribution in [0.25, 0.3) is 11.3 Å². The first-order valence-corrected chi connectivity index (χ1v) is 7.30. The number of hydrogen-bond acceptors (Lipinski definition) is 3. The molecule has 1 unspecified atom stereocenters. The molecule has 2 aromatic carbocycles. The van der Waals surface area contributed by atoms with E-state index in [0.717, 1.165) is 22.4 Å². The zero-order chi connectivity index (χ0) is 14.9. The second kappa shape index (κ2) is 5.24. The van der Waals surface area contributed by atoms with Crippen molar-refractivity contribution in [3.63, 3.8) is 0 Å². The number of H-pyrrole nitrogens is 1. The first-order chi connectivity index (χ1) is 10.8. The van der Waals surface area contributed by atoms with Crippen molar-refractivity contribution in [2.45, 2.75) is 6.04 Å². The van der Waals surface area contributed by atoms with Crippen LogP contribution in [0.1, 0.15) is 27.7 Å². The number of nitrogens with one attached hydrogen (secondary N) is 2. The second-order valence-corrected chi connectivity index (χ2v) is 5.37. The molecule has 0 saturated carbocycles. The summed E-state index contributed by atoms with van der Waals surface area (Å²) in [5.41, 5.74) is 4.54. The number of hydrogen-bond donors (Lipinski definition) is 2. The summed E-state index contributed by atoms with van der Waals surface area (Å²) in [5.74, 6) is 0.0527. The smallest absolute Gasteiger partial charge is 0.194 e. The van der Waals surface area contributed by atoms with Crippen LogP contribution in [0, 0.1) is 0 Å². The third kappa shape index (κ3) is 2.05. The first-order valence-electron chi connectivity index (χ1n) is 7.30. The maximum Gasteiger partial charge on any atom is 0.194 e. The van der Waals surface area contributed by atoms with Gasteiger partial charge in [0.15, 0.2) is 5.78 Å². The van der Waals surface area contributed by atoms with Crippen LogP contribution < -0.4 is 5.32 Å². The molecule has 108 valence electrons. The van der Waals surface area contributed by atoms with Gasteiger partial charge in [-0.15, -0.1) is 0 Å². The van der Waals surface area contributed by atoms with Gasteiger partial charge in [-0.1, -0.05) is 60.7 Å². The van der Waals surface area contributed by atoms with Crippen LogP contribution in [0.3, 0.4) is 0 Å². The monoisotopic (exact) mass is 289 g/mol. The summed E-state index contributed by atoms with van der Waals surface area (Å²) in [6.07, 6.45) is 0. The fraction of sp³-hybridized carbons (Fsp3) is 0.111. The van der Waals surface area contributed by atoms with E-state index in [1.807, 2.05) is 48.5 Å². The number of carbonyl (C=O) groups is 1. The Kier molecular flexibility index (Phi) is 3.09. The Morgan fingerprint density at radius 3 is 2.36 bits per heavy atom. The van der Waals surface area contributed by atoms with Crippen molar-refractivity contribution in [1.29, 1.82) is 0 Å². The fourth-order valence-electron chi connectivity index (χ4n) is 2.98. The van der Waals surface area contributed by atoms with E-state index in [0.29, 0.717) is 12.2 Å². The van der Waals surface area contributed by atoms with Crippen molar-refractivity contribution < 1.29 is 4.79 Å². The van der Waals surface area contributed by atoms with E-state index in [-0.39, 0.29) is 11.8 Å². The van der Waals surface area contributed by atoms with Gasteiger partial charge in [0.25, 0.3) is 0 Å². The Balaban J connectivity index is 1.90. The normalized spacial score (nSPS) is 17.3. The number of rotatable bonds is 2. The van der Waals surface area contributed by atoms with E-state index in [1.54, 1.807) is 0 Å². The van der Waals surface area contributed by atoms with Gasteiger partial charge in [0.1, 0.15) is 5.69 Å². The van der Waals surface area contributed by atoms with Crippen molar-refractivity contribution in [3.8, 4) is 11.3 Å². The average Bonchev–Trinajstić information content (AvgIpc) is 3.03. The minimum Gasteiger partial charge on any atom is -0.299 e. The highest BCUT2D eigenvalue weighted by molar-refractivity contribution is 6.00. The third-order valence-electron chi connectivity index (χ3n) is 4.02. The molecule has 1 atom stereocenters. The molecule has 1 aliphatic heterocycles. The number of nitrogens with zero attached hydrogens (tertiary/aromatic N) is 1. The molecular weight excluding hydrogens is 274 g/mol. The first kappa shape index (κ1) is 13.0. The highest BCUT2D eigenvalue weighted by Gasteiger charge is 2.31. The summed E-state index contributed by atoms with van der Waals surface area (Å²) in [5, 5.41) is 10.7. The Labute approximate surface area is 128 Å². The molecule has 0 radical (unpaired) electrons. The predicted molar refractivity (Wildman–Crippen MR) is 84.6 cm³/mol. The maximum atomic E-state index is 12.2. The molecule has 4 heteroatoms. The van der Waals surface area contributed by atoms with E-state index < -0.39 is 0 Å². The molecule has 22 heavy (non-hydrogen) atoms. The maximum absolute atomic E-state index is 12.2.